The zero-order chi connectivity index (χ0) is 26.0. The summed E-state index contributed by atoms with van der Waals surface area (Å²) in [6.07, 6.45) is 2.64. The van der Waals surface area contributed by atoms with Gasteiger partial charge in [-0.3, -0.25) is 13.9 Å². The molecular formula is C25H33Cl2N3O4S. The number of benzene rings is 2. The Morgan fingerprint density at radius 1 is 1.06 bits per heavy atom. The highest BCUT2D eigenvalue weighted by Crippen LogP contribution is 2.31. The van der Waals surface area contributed by atoms with Gasteiger partial charge in [-0.25, -0.2) is 8.42 Å². The third kappa shape index (κ3) is 8.70. The molecule has 192 valence electrons. The second kappa shape index (κ2) is 13.7. The molecule has 0 unspecified atom stereocenters. The van der Waals surface area contributed by atoms with Gasteiger partial charge in [-0.15, -0.1) is 0 Å². The van der Waals surface area contributed by atoms with Crippen molar-refractivity contribution in [3.63, 3.8) is 0 Å². The number of carbonyl (C=O) groups is 2. The van der Waals surface area contributed by atoms with Gasteiger partial charge in [-0.05, 0) is 43.0 Å². The fourth-order valence-electron chi connectivity index (χ4n) is 3.72. The molecule has 0 fully saturated rings. The average Bonchev–Trinajstić information content (AvgIpc) is 2.81. The van der Waals surface area contributed by atoms with E-state index in [2.05, 4.69) is 5.32 Å². The van der Waals surface area contributed by atoms with Gasteiger partial charge >= 0.3 is 0 Å². The van der Waals surface area contributed by atoms with E-state index in [-0.39, 0.29) is 48.5 Å². The van der Waals surface area contributed by atoms with Crippen molar-refractivity contribution in [1.82, 2.24) is 10.2 Å². The molecule has 35 heavy (non-hydrogen) atoms. The highest BCUT2D eigenvalue weighted by molar-refractivity contribution is 7.92. The zero-order valence-corrected chi connectivity index (χ0v) is 22.7. The number of hydrogen-bond acceptors (Lipinski definition) is 4. The molecule has 2 aromatic carbocycles. The summed E-state index contributed by atoms with van der Waals surface area (Å²) in [5.41, 5.74) is 1.17. The molecule has 0 heterocycles. The Labute approximate surface area is 218 Å². The maximum absolute atomic E-state index is 13.3. The summed E-state index contributed by atoms with van der Waals surface area (Å²) in [6.45, 7) is 4.70. The number of rotatable bonds is 13. The summed E-state index contributed by atoms with van der Waals surface area (Å²) in [4.78, 5) is 27.7. The first-order valence-corrected chi connectivity index (χ1v) is 14.2. The highest BCUT2D eigenvalue weighted by Gasteiger charge is 2.29. The second-order valence-electron chi connectivity index (χ2n) is 8.26. The van der Waals surface area contributed by atoms with Crippen molar-refractivity contribution in [2.75, 3.05) is 23.7 Å². The number of nitrogens with one attached hydrogen (secondary N) is 1. The number of amides is 2. The van der Waals surface area contributed by atoms with Crippen molar-refractivity contribution in [2.24, 2.45) is 0 Å². The zero-order valence-electron chi connectivity index (χ0n) is 20.3. The van der Waals surface area contributed by atoms with Crippen LogP contribution in [0.3, 0.4) is 0 Å². The maximum atomic E-state index is 13.3. The monoisotopic (exact) mass is 541 g/mol. The molecule has 7 nitrogen and oxygen atoms in total. The molecule has 0 aliphatic rings. The van der Waals surface area contributed by atoms with E-state index < -0.39 is 16.1 Å². The van der Waals surface area contributed by atoms with Crippen LogP contribution in [0.5, 0.6) is 0 Å². The highest BCUT2D eigenvalue weighted by atomic mass is 35.5. The molecule has 0 saturated carbocycles. The molecular weight excluding hydrogens is 509 g/mol. The number of hydrogen-bond donors (Lipinski definition) is 1. The first-order chi connectivity index (χ1) is 16.6. The van der Waals surface area contributed by atoms with Gasteiger partial charge in [0.25, 0.3) is 0 Å². The molecule has 1 atom stereocenters. The van der Waals surface area contributed by atoms with E-state index in [0.717, 1.165) is 22.5 Å². The fourth-order valence-corrected chi connectivity index (χ4v) is 5.13. The van der Waals surface area contributed by atoms with E-state index in [9.17, 15) is 18.0 Å². The Morgan fingerprint density at radius 3 is 2.34 bits per heavy atom. The molecule has 0 aliphatic heterocycles. The molecule has 2 rings (SSSR count). The predicted molar refractivity (Wildman–Crippen MR) is 142 cm³/mol. The Bertz CT molecular complexity index is 1100. The van der Waals surface area contributed by atoms with Gasteiger partial charge in [-0.2, -0.15) is 0 Å². The third-order valence-electron chi connectivity index (χ3n) is 5.46. The molecule has 2 amide bonds. The molecule has 0 aromatic heterocycles. The van der Waals surface area contributed by atoms with Gasteiger partial charge in [-0.1, -0.05) is 67.4 Å². The summed E-state index contributed by atoms with van der Waals surface area (Å²) in [6, 6.07) is 13.4. The van der Waals surface area contributed by atoms with E-state index in [1.807, 2.05) is 44.2 Å². The van der Waals surface area contributed by atoms with E-state index >= 15 is 0 Å². The summed E-state index contributed by atoms with van der Waals surface area (Å²) in [5, 5.41) is 3.48. The minimum absolute atomic E-state index is 0.0443. The summed E-state index contributed by atoms with van der Waals surface area (Å²) in [5.74, 6) is -0.417. The van der Waals surface area contributed by atoms with Gasteiger partial charge in [0.15, 0.2) is 0 Å². The van der Waals surface area contributed by atoms with Crippen molar-refractivity contribution in [3.8, 4) is 0 Å². The molecule has 0 aliphatic carbocycles. The number of anilines is 1. The van der Waals surface area contributed by atoms with E-state index in [4.69, 9.17) is 23.2 Å². The Kier molecular flexibility index (Phi) is 11.3. The van der Waals surface area contributed by atoms with Crippen molar-refractivity contribution in [3.05, 3.63) is 64.1 Å². The number of sulfonamides is 1. The SMILES string of the molecule is CCCNC(=O)[C@@H](CC)N(Cc1ccccc1)C(=O)CCCN(c1cc(Cl)ccc1Cl)S(C)(=O)=O. The number of nitrogens with zero attached hydrogens (tertiary/aromatic N) is 2. The van der Waals surface area contributed by atoms with E-state index in [0.29, 0.717) is 18.0 Å². The van der Waals surface area contributed by atoms with Crippen LogP contribution in [0, 0.1) is 0 Å². The van der Waals surface area contributed by atoms with Crippen molar-refractivity contribution in [1.29, 1.82) is 0 Å². The largest absolute Gasteiger partial charge is 0.354 e. The Balaban J connectivity index is 2.21. The number of halogens is 2. The smallest absolute Gasteiger partial charge is 0.242 e. The Hall–Kier alpha value is -2.29. The summed E-state index contributed by atoms with van der Waals surface area (Å²) >= 11 is 12.3. The quantitative estimate of drug-likeness (QED) is 0.391. The lowest BCUT2D eigenvalue weighted by molar-refractivity contribution is -0.141. The fraction of sp³-hybridized carbons (Fsp3) is 0.440. The van der Waals surface area contributed by atoms with Crippen LogP contribution in [-0.2, 0) is 26.2 Å². The van der Waals surface area contributed by atoms with Gasteiger partial charge in [0, 0.05) is 31.1 Å². The minimum Gasteiger partial charge on any atom is -0.354 e. The lowest BCUT2D eigenvalue weighted by Gasteiger charge is -2.31. The molecule has 2 aromatic rings. The van der Waals surface area contributed by atoms with Crippen molar-refractivity contribution >= 4 is 50.7 Å². The second-order valence-corrected chi connectivity index (χ2v) is 11.0. The van der Waals surface area contributed by atoms with Crippen LogP contribution in [0.2, 0.25) is 10.0 Å². The molecule has 0 radical (unpaired) electrons. The van der Waals surface area contributed by atoms with Crippen molar-refractivity contribution in [2.45, 2.75) is 52.1 Å². The van der Waals surface area contributed by atoms with Crippen molar-refractivity contribution < 1.29 is 18.0 Å². The summed E-state index contributed by atoms with van der Waals surface area (Å²) < 4.78 is 26.1. The van der Waals surface area contributed by atoms with Gasteiger partial charge in [0.1, 0.15) is 6.04 Å². The van der Waals surface area contributed by atoms with Gasteiger partial charge in [0.2, 0.25) is 21.8 Å². The third-order valence-corrected chi connectivity index (χ3v) is 7.19. The lowest BCUT2D eigenvalue weighted by atomic mass is 10.1. The molecule has 10 heteroatoms. The first-order valence-electron chi connectivity index (χ1n) is 11.6. The van der Waals surface area contributed by atoms with E-state index in [1.165, 1.54) is 12.1 Å². The van der Waals surface area contributed by atoms with Gasteiger partial charge < -0.3 is 10.2 Å². The van der Waals surface area contributed by atoms with Crippen LogP contribution in [0.1, 0.15) is 45.1 Å². The molecule has 0 saturated heterocycles. The summed E-state index contributed by atoms with van der Waals surface area (Å²) in [7, 11) is -3.67. The van der Waals surface area contributed by atoms with Crippen LogP contribution in [0.15, 0.2) is 48.5 Å². The standard InChI is InChI=1S/C25H33Cl2N3O4S/c1-4-15-28-25(32)22(5-2)29(18-19-10-7-6-8-11-19)24(31)12-9-16-30(35(3,33)34)23-17-20(26)13-14-21(23)27/h6-8,10-11,13-14,17,22H,4-5,9,12,15-16,18H2,1-3H3,(H,28,32)/t22-/m1/s1. The van der Waals surface area contributed by atoms with Crippen LogP contribution in [0.4, 0.5) is 5.69 Å². The first kappa shape index (κ1) is 28.9. The number of carbonyl (C=O) groups excluding carboxylic acids is 2. The predicted octanol–water partition coefficient (Wildman–Crippen LogP) is 4.87. The topological polar surface area (TPSA) is 86.8 Å². The average molecular weight is 543 g/mol. The maximum Gasteiger partial charge on any atom is 0.242 e. The molecule has 0 spiro atoms. The Morgan fingerprint density at radius 2 is 1.74 bits per heavy atom. The van der Waals surface area contributed by atoms with Crippen LogP contribution < -0.4 is 9.62 Å². The molecule has 1 N–H and O–H groups in total. The molecule has 0 bridgehead atoms. The van der Waals surface area contributed by atoms with E-state index in [1.54, 1.807) is 11.0 Å². The van der Waals surface area contributed by atoms with Crippen LogP contribution in [-0.4, -0.2) is 50.5 Å². The normalized spacial score (nSPS) is 12.1. The lowest BCUT2D eigenvalue weighted by Crippen LogP contribution is -2.49. The minimum atomic E-state index is -3.67. The van der Waals surface area contributed by atoms with Gasteiger partial charge in [0.05, 0.1) is 17.0 Å². The van der Waals surface area contributed by atoms with Crippen LogP contribution in [0.25, 0.3) is 0 Å². The van der Waals surface area contributed by atoms with Crippen LogP contribution >= 0.6 is 23.2 Å².